The second-order valence-electron chi connectivity index (χ2n) is 4.80. The molecule has 1 heterocycles. The van der Waals surface area contributed by atoms with E-state index in [1.54, 1.807) is 17.9 Å². The van der Waals surface area contributed by atoms with E-state index in [1.165, 1.54) is 12.1 Å². The number of aliphatic hydroxyl groups is 1. The van der Waals surface area contributed by atoms with Gasteiger partial charge in [-0.3, -0.25) is 14.9 Å². The summed E-state index contributed by atoms with van der Waals surface area (Å²) in [5.74, 6) is -0.250. The van der Waals surface area contributed by atoms with Gasteiger partial charge in [-0.2, -0.15) is 0 Å². The molecule has 1 atom stereocenters. The highest BCUT2D eigenvalue weighted by atomic mass is 16.6. The van der Waals surface area contributed by atoms with Gasteiger partial charge in [0.25, 0.3) is 11.6 Å². The molecule has 1 aromatic rings. The highest BCUT2D eigenvalue weighted by Gasteiger charge is 2.25. The number of aliphatic hydroxyl groups excluding tert-OH is 1. The van der Waals surface area contributed by atoms with Gasteiger partial charge in [0.05, 0.1) is 11.0 Å². The highest BCUT2D eigenvalue weighted by molar-refractivity contribution is 5.96. The fourth-order valence-electron chi connectivity index (χ4n) is 2.26. The molecule has 1 saturated heterocycles. The number of non-ortho nitro benzene ring substituents is 1. The topological polar surface area (TPSA) is 83.7 Å². The van der Waals surface area contributed by atoms with Crippen LogP contribution in [0.3, 0.4) is 0 Å². The Morgan fingerprint density at radius 3 is 2.89 bits per heavy atom. The van der Waals surface area contributed by atoms with Gasteiger partial charge in [-0.05, 0) is 25.3 Å². The summed E-state index contributed by atoms with van der Waals surface area (Å²) in [6.07, 6.45) is 0.940. The quantitative estimate of drug-likeness (QED) is 0.648. The largest absolute Gasteiger partial charge is 0.391 e. The molecular weight excluding hydrogens is 248 g/mol. The second-order valence-corrected chi connectivity index (χ2v) is 4.80. The fourth-order valence-corrected chi connectivity index (χ4v) is 2.26. The Kier molecular flexibility index (Phi) is 3.80. The van der Waals surface area contributed by atoms with E-state index >= 15 is 0 Å². The molecule has 6 nitrogen and oxygen atoms in total. The Morgan fingerprint density at radius 1 is 1.53 bits per heavy atom. The van der Waals surface area contributed by atoms with Gasteiger partial charge in [0.15, 0.2) is 0 Å². The van der Waals surface area contributed by atoms with E-state index in [0.717, 1.165) is 6.42 Å². The molecule has 0 radical (unpaired) electrons. The smallest absolute Gasteiger partial charge is 0.270 e. The average molecular weight is 264 g/mol. The number of likely N-dealkylation sites (tertiary alicyclic amines) is 1. The van der Waals surface area contributed by atoms with Crippen LogP contribution in [0.5, 0.6) is 0 Å². The summed E-state index contributed by atoms with van der Waals surface area (Å²) < 4.78 is 0. The van der Waals surface area contributed by atoms with Crippen LogP contribution >= 0.6 is 0 Å². The molecule has 0 saturated carbocycles. The van der Waals surface area contributed by atoms with Crippen molar-refractivity contribution in [3.63, 3.8) is 0 Å². The zero-order valence-corrected chi connectivity index (χ0v) is 10.7. The first kappa shape index (κ1) is 13.5. The number of carbonyl (C=O) groups excluding carboxylic acids is 1. The maximum atomic E-state index is 12.3. The molecule has 0 spiro atoms. The van der Waals surface area contributed by atoms with Crippen LogP contribution in [0, 0.1) is 17.0 Å². The van der Waals surface area contributed by atoms with Crippen LogP contribution in [0.15, 0.2) is 18.2 Å². The maximum Gasteiger partial charge on any atom is 0.270 e. The normalized spacial score (nSPS) is 19.3. The first-order valence-corrected chi connectivity index (χ1v) is 6.21. The molecule has 0 aliphatic carbocycles. The third kappa shape index (κ3) is 2.90. The summed E-state index contributed by atoms with van der Waals surface area (Å²) in [7, 11) is 0. The van der Waals surface area contributed by atoms with E-state index in [0.29, 0.717) is 30.6 Å². The van der Waals surface area contributed by atoms with Gasteiger partial charge in [-0.15, -0.1) is 0 Å². The molecule has 1 amide bonds. The fraction of sp³-hybridized carbons (Fsp3) is 0.462. The number of carbonyl (C=O) groups is 1. The summed E-state index contributed by atoms with van der Waals surface area (Å²) in [4.78, 5) is 24.1. The number of nitrogens with zero attached hydrogens (tertiary/aromatic N) is 2. The number of hydrogen-bond donors (Lipinski definition) is 1. The molecule has 1 aliphatic rings. The summed E-state index contributed by atoms with van der Waals surface area (Å²) >= 11 is 0. The number of aryl methyl sites for hydroxylation is 1. The molecule has 0 bridgehead atoms. The minimum atomic E-state index is -0.513. The first-order valence-electron chi connectivity index (χ1n) is 6.21. The minimum Gasteiger partial charge on any atom is -0.391 e. The van der Waals surface area contributed by atoms with Crippen molar-refractivity contribution < 1.29 is 14.8 Å². The van der Waals surface area contributed by atoms with E-state index in [9.17, 15) is 20.0 Å². The summed E-state index contributed by atoms with van der Waals surface area (Å²) in [6.45, 7) is 2.62. The lowest BCUT2D eigenvalue weighted by Gasteiger charge is -2.30. The second kappa shape index (κ2) is 5.36. The lowest BCUT2D eigenvalue weighted by atomic mass is 10.0. The van der Waals surface area contributed by atoms with Gasteiger partial charge in [0.2, 0.25) is 0 Å². The van der Waals surface area contributed by atoms with Gasteiger partial charge in [-0.25, -0.2) is 0 Å². The molecular formula is C13H16N2O4. The Labute approximate surface area is 110 Å². The zero-order valence-electron chi connectivity index (χ0n) is 10.7. The van der Waals surface area contributed by atoms with Crippen LogP contribution in [0.4, 0.5) is 5.69 Å². The Morgan fingerprint density at radius 2 is 2.26 bits per heavy atom. The van der Waals surface area contributed by atoms with Crippen LogP contribution in [-0.4, -0.2) is 40.0 Å². The van der Waals surface area contributed by atoms with Crippen LogP contribution in [0.2, 0.25) is 0 Å². The van der Waals surface area contributed by atoms with Crippen molar-refractivity contribution in [1.29, 1.82) is 0 Å². The standard InChI is InChI=1S/C13H16N2O4/c1-9-4-5-10(15(18)19)7-12(9)13(17)14-6-2-3-11(16)8-14/h4-5,7,11,16H,2-3,6,8H2,1H3/t11-/m0/s1. The van der Waals surface area contributed by atoms with Gasteiger partial charge in [0, 0.05) is 30.8 Å². The zero-order chi connectivity index (χ0) is 14.0. The SMILES string of the molecule is Cc1ccc([N+](=O)[O-])cc1C(=O)N1CCC[C@H](O)C1. The summed E-state index contributed by atoms with van der Waals surface area (Å²) in [6, 6.07) is 4.27. The van der Waals surface area contributed by atoms with Crippen molar-refractivity contribution in [3.8, 4) is 0 Å². The summed E-state index contributed by atoms with van der Waals surface area (Å²) in [5.41, 5.74) is 0.950. The molecule has 102 valence electrons. The summed E-state index contributed by atoms with van der Waals surface area (Å²) in [5, 5.41) is 20.3. The molecule has 1 aromatic carbocycles. The van der Waals surface area contributed by atoms with Crippen molar-refractivity contribution >= 4 is 11.6 Å². The molecule has 1 fully saturated rings. The van der Waals surface area contributed by atoms with E-state index in [1.807, 2.05) is 0 Å². The number of hydrogen-bond acceptors (Lipinski definition) is 4. The molecule has 1 aliphatic heterocycles. The van der Waals surface area contributed by atoms with Gasteiger partial charge >= 0.3 is 0 Å². The maximum absolute atomic E-state index is 12.3. The molecule has 2 rings (SSSR count). The van der Waals surface area contributed by atoms with E-state index < -0.39 is 11.0 Å². The van der Waals surface area contributed by atoms with Crippen molar-refractivity contribution in [2.75, 3.05) is 13.1 Å². The van der Waals surface area contributed by atoms with Gasteiger partial charge < -0.3 is 10.0 Å². The van der Waals surface area contributed by atoms with Crippen LogP contribution in [-0.2, 0) is 0 Å². The van der Waals surface area contributed by atoms with Gasteiger partial charge in [0.1, 0.15) is 0 Å². The first-order chi connectivity index (χ1) is 8.99. The Balaban J connectivity index is 2.27. The number of benzene rings is 1. The van der Waals surface area contributed by atoms with Crippen LogP contribution in [0.1, 0.15) is 28.8 Å². The highest BCUT2D eigenvalue weighted by Crippen LogP contribution is 2.21. The number of amides is 1. The molecule has 19 heavy (non-hydrogen) atoms. The van der Waals surface area contributed by atoms with Crippen molar-refractivity contribution in [2.24, 2.45) is 0 Å². The predicted molar refractivity (Wildman–Crippen MR) is 69.0 cm³/mol. The lowest BCUT2D eigenvalue weighted by molar-refractivity contribution is -0.384. The monoisotopic (exact) mass is 264 g/mol. The van der Waals surface area contributed by atoms with Crippen molar-refractivity contribution in [2.45, 2.75) is 25.9 Å². The number of nitro groups is 1. The average Bonchev–Trinajstić information content (AvgIpc) is 2.38. The number of piperidine rings is 1. The number of rotatable bonds is 2. The predicted octanol–water partition coefficient (Wildman–Crippen LogP) is 1.50. The lowest BCUT2D eigenvalue weighted by Crippen LogP contribution is -2.42. The Bertz CT molecular complexity index is 515. The Hall–Kier alpha value is -1.95. The van der Waals surface area contributed by atoms with Crippen molar-refractivity contribution in [1.82, 2.24) is 4.90 Å². The van der Waals surface area contributed by atoms with Crippen molar-refractivity contribution in [3.05, 3.63) is 39.4 Å². The van der Waals surface area contributed by atoms with E-state index in [4.69, 9.17) is 0 Å². The van der Waals surface area contributed by atoms with Crippen LogP contribution in [0.25, 0.3) is 0 Å². The number of β-amino-alcohol motifs (C(OH)–C–C–N with tert-alkyl or cyclic N) is 1. The van der Waals surface area contributed by atoms with Gasteiger partial charge in [-0.1, -0.05) is 6.07 Å². The molecule has 6 heteroatoms. The molecule has 0 unspecified atom stereocenters. The molecule has 1 N–H and O–H groups in total. The number of nitro benzene ring substituents is 1. The van der Waals surface area contributed by atoms with E-state index in [2.05, 4.69) is 0 Å². The molecule has 0 aromatic heterocycles. The third-order valence-electron chi connectivity index (χ3n) is 3.35. The van der Waals surface area contributed by atoms with E-state index in [-0.39, 0.29) is 11.6 Å². The van der Waals surface area contributed by atoms with Crippen LogP contribution < -0.4 is 0 Å². The minimum absolute atomic E-state index is 0.0912. The third-order valence-corrected chi connectivity index (χ3v) is 3.35.